The van der Waals surface area contributed by atoms with Gasteiger partial charge >= 0.3 is 0 Å². The van der Waals surface area contributed by atoms with Crippen molar-refractivity contribution in [2.24, 2.45) is 0 Å². The summed E-state index contributed by atoms with van der Waals surface area (Å²) >= 11 is 60.5. The minimum absolute atomic E-state index is 0.859. The fraction of sp³-hybridized carbons (Fsp3) is 1.00. The second-order valence-electron chi connectivity index (χ2n) is 4.70. The average molecular weight is 1520 g/mol. The van der Waals surface area contributed by atoms with Gasteiger partial charge in [0.1, 0.15) is 16.2 Å². The van der Waals surface area contributed by atoms with Gasteiger partial charge in [-0.3, -0.25) is 0 Å². The van der Waals surface area contributed by atoms with Gasteiger partial charge in [0.15, 0.2) is 5.38 Å². The van der Waals surface area contributed by atoms with Crippen LogP contribution in [0.3, 0.4) is 0 Å². The Labute approximate surface area is 307 Å². The molecule has 28 heavy (non-hydrogen) atoms. The fourth-order valence-electron chi connectivity index (χ4n) is 1.25. The second-order valence-corrected chi connectivity index (χ2v) is 37.7. The molecular weight excluding hydrogens is 1520 g/mol. The maximum absolute atomic E-state index is 11.9. The molecule has 0 aliphatic heterocycles. The van der Waals surface area contributed by atoms with Gasteiger partial charge in [0.05, 0.1) is 0 Å². The highest BCUT2D eigenvalue weighted by Crippen LogP contribution is 2.77. The highest BCUT2D eigenvalue weighted by molar-refractivity contribution is 9.42. The van der Waals surface area contributed by atoms with Gasteiger partial charge in [0, 0.05) is 0 Å². The molecule has 0 aromatic heterocycles. The van der Waals surface area contributed by atoms with E-state index in [1.807, 2.05) is 0 Å². The van der Waals surface area contributed by atoms with Crippen molar-refractivity contribution in [1.82, 2.24) is 0 Å². The Morgan fingerprint density at radius 3 is 0.786 bits per heavy atom. The van der Waals surface area contributed by atoms with Crippen molar-refractivity contribution in [2.75, 3.05) is 0 Å². The van der Waals surface area contributed by atoms with Crippen molar-refractivity contribution in [1.29, 1.82) is 0 Å². The molecule has 0 saturated heterocycles. The maximum Gasteiger partial charge on any atom is 0.231 e. The van der Waals surface area contributed by atoms with E-state index < -0.39 is 34.8 Å². The lowest BCUT2D eigenvalue weighted by molar-refractivity contribution is 0.583. The summed E-state index contributed by atoms with van der Waals surface area (Å²) in [5.74, 6) is 0. The normalized spacial score (nSPS) is 16.3. The summed E-state index contributed by atoms with van der Waals surface area (Å²) in [4.78, 5) is 0. The van der Waals surface area contributed by atoms with Crippen LogP contribution in [0, 0.1) is 0 Å². The maximum atomic E-state index is 11.9. The van der Waals surface area contributed by atoms with Crippen molar-refractivity contribution in [2.45, 2.75) is 24.1 Å². The van der Waals surface area contributed by atoms with Crippen LogP contribution in [0.2, 0.25) is 0 Å². The summed E-state index contributed by atoms with van der Waals surface area (Å²) in [6.07, 6.45) is 0. The molecule has 0 spiro atoms. The van der Waals surface area contributed by atoms with Crippen molar-refractivity contribution in [3.05, 3.63) is 0 Å². The predicted octanol–water partition coefficient (Wildman–Crippen LogP) is 12.1. The standard InChI is InChI=1S/C8Br17O2S/c9-1(10,3(13,14)5(17,18)7(21,22)23)2(11,12)4(15,16)6(19,20)8(24,25)28(26)27. The monoisotopic (exact) mass is 1500 g/mol. The summed E-state index contributed by atoms with van der Waals surface area (Å²) in [5, 5.41) is 0. The van der Waals surface area contributed by atoms with Crippen LogP contribution in [0.1, 0.15) is 0 Å². The SMILES string of the molecule is O=[S](=O)C(Br)(Br)C(Br)(Br)C(Br)(Br)C(Br)(Br)C(Br)(Br)C(Br)(Br)C(Br)(Br)C(Br)(Br)Br. The number of hydrogen-bond acceptors (Lipinski definition) is 2. The Morgan fingerprint density at radius 1 is 0.357 bits per heavy atom. The Kier molecular flexibility index (Phi) is 14.9. The highest BCUT2D eigenvalue weighted by Gasteiger charge is 2.78. The van der Waals surface area contributed by atoms with Crippen LogP contribution >= 0.6 is 271 Å². The molecule has 0 aromatic carbocycles. The largest absolute Gasteiger partial charge is 0.231 e. The predicted molar refractivity (Wildman–Crippen MR) is 183 cm³/mol. The molecule has 0 aromatic rings. The van der Waals surface area contributed by atoms with Crippen molar-refractivity contribution < 1.29 is 8.42 Å². The Hall–Kier alpha value is 7.98. The first kappa shape index (κ1) is 36.0. The van der Waals surface area contributed by atoms with Gasteiger partial charge in [-0.25, -0.2) is 0 Å². The van der Waals surface area contributed by atoms with E-state index in [2.05, 4.69) is 271 Å². The topological polar surface area (TPSA) is 34.1 Å². The zero-order valence-electron chi connectivity index (χ0n) is 11.7. The molecule has 0 saturated carbocycles. The first-order valence-electron chi connectivity index (χ1n) is 5.50. The van der Waals surface area contributed by atoms with E-state index in [0.29, 0.717) is 0 Å². The lowest BCUT2D eigenvalue weighted by atomic mass is 10.1. The van der Waals surface area contributed by atoms with Crippen molar-refractivity contribution >= 4 is 282 Å². The first-order chi connectivity index (χ1) is 11.7. The van der Waals surface area contributed by atoms with Gasteiger partial charge in [-0.05, 0) is 31.9 Å². The molecule has 169 valence electrons. The smallest absolute Gasteiger partial charge is 0.187 e. The summed E-state index contributed by atoms with van der Waals surface area (Å²) in [6, 6.07) is 0. The van der Waals surface area contributed by atoms with Gasteiger partial charge in [-0.1, -0.05) is 239 Å². The Balaban J connectivity index is 6.80. The molecule has 1 radical (unpaired) electrons. The van der Waals surface area contributed by atoms with E-state index in [1.54, 1.807) is 0 Å². The highest BCUT2D eigenvalue weighted by atomic mass is 80.0. The first-order valence-corrected chi connectivity index (χ1v) is 20.1. The molecule has 0 aliphatic carbocycles. The number of hydrogen-bond donors (Lipinski definition) is 0. The van der Waals surface area contributed by atoms with Gasteiger partial charge in [0.25, 0.3) is 0 Å². The van der Waals surface area contributed by atoms with Crippen LogP contribution in [0.15, 0.2) is 0 Å². The molecule has 0 heterocycles. The van der Waals surface area contributed by atoms with E-state index >= 15 is 0 Å². The lowest BCUT2D eigenvalue weighted by Gasteiger charge is -2.56. The van der Waals surface area contributed by atoms with Crippen LogP contribution in [-0.2, 0) is 10.7 Å². The number of alkyl halides is 17. The lowest BCUT2D eigenvalue weighted by Crippen LogP contribution is -2.68. The van der Waals surface area contributed by atoms with Crippen LogP contribution in [0.25, 0.3) is 0 Å². The third kappa shape index (κ3) is 6.24. The molecule has 0 rings (SSSR count). The molecule has 0 N–H and O–H groups in total. The quantitative estimate of drug-likeness (QED) is 0.238. The summed E-state index contributed by atoms with van der Waals surface area (Å²) in [7, 11) is -2.61. The third-order valence-corrected chi connectivity index (χ3v) is 38.9. The van der Waals surface area contributed by atoms with Gasteiger partial charge in [0.2, 0.25) is 13.3 Å². The summed E-state index contributed by atoms with van der Waals surface area (Å²) in [5.41, 5.74) is 0. The van der Waals surface area contributed by atoms with E-state index in [1.165, 1.54) is 0 Å². The minimum atomic E-state index is -2.61. The van der Waals surface area contributed by atoms with E-state index in [-0.39, 0.29) is 0 Å². The van der Waals surface area contributed by atoms with E-state index in [4.69, 9.17) is 0 Å². The molecule has 0 aliphatic rings. The third-order valence-electron chi connectivity index (χ3n) is 2.90. The van der Waals surface area contributed by atoms with E-state index in [0.717, 1.165) is 0 Å². The van der Waals surface area contributed by atoms with Crippen LogP contribution in [0.5, 0.6) is 0 Å². The number of rotatable bonds is 7. The van der Waals surface area contributed by atoms with Crippen molar-refractivity contribution in [3.8, 4) is 0 Å². The van der Waals surface area contributed by atoms with E-state index in [9.17, 15) is 8.42 Å². The second kappa shape index (κ2) is 11.6. The molecule has 20 heteroatoms. The molecule has 0 unspecified atom stereocenters. The van der Waals surface area contributed by atoms with Crippen LogP contribution in [-0.4, -0.2) is 32.5 Å². The van der Waals surface area contributed by atoms with Crippen LogP contribution in [0.4, 0.5) is 0 Å². The van der Waals surface area contributed by atoms with Gasteiger partial charge in [-0.2, -0.15) is 8.42 Å². The molecule has 0 bridgehead atoms. The Bertz CT molecular complexity index is 663. The average Bonchev–Trinajstić information content (AvgIpc) is 2.44. The van der Waals surface area contributed by atoms with Crippen LogP contribution < -0.4 is 0 Å². The molecular formula is C8Br17O2S. The summed E-state index contributed by atoms with van der Waals surface area (Å²) < 4.78 is 14.1. The minimum Gasteiger partial charge on any atom is -0.187 e. The summed E-state index contributed by atoms with van der Waals surface area (Å²) in [6.45, 7) is 0. The van der Waals surface area contributed by atoms with Crippen molar-refractivity contribution in [3.63, 3.8) is 0 Å². The number of halogens is 17. The van der Waals surface area contributed by atoms with Gasteiger partial charge in [-0.15, -0.1) is 0 Å². The zero-order chi connectivity index (χ0) is 23.6. The molecule has 0 amide bonds. The van der Waals surface area contributed by atoms with Gasteiger partial charge < -0.3 is 0 Å². The Morgan fingerprint density at radius 2 is 0.571 bits per heavy atom. The zero-order valence-corrected chi connectivity index (χ0v) is 39.4. The fourth-order valence-corrected chi connectivity index (χ4v) is 17.0. The molecule has 0 atom stereocenters. The molecule has 0 fully saturated rings. The molecule has 2 nitrogen and oxygen atoms in total.